The van der Waals surface area contributed by atoms with Gasteiger partial charge < -0.3 is 10.2 Å². The van der Waals surface area contributed by atoms with Crippen LogP contribution >= 0.6 is 0 Å². The van der Waals surface area contributed by atoms with E-state index >= 15 is 0 Å². The number of piperidine rings is 2. The molecule has 1 N–H and O–H groups in total. The number of hydrogen-bond donors (Lipinski definition) is 1. The minimum atomic E-state index is 0.576. The van der Waals surface area contributed by atoms with Crippen LogP contribution in [0.15, 0.2) is 36.8 Å². The highest BCUT2D eigenvalue weighted by molar-refractivity contribution is 5.47. The first kappa shape index (κ1) is 17.4. The molecule has 2 aliphatic heterocycles. The van der Waals surface area contributed by atoms with Gasteiger partial charge in [0.05, 0.1) is 0 Å². The molecule has 2 saturated heterocycles. The Morgan fingerprint density at radius 1 is 0.962 bits per heavy atom. The Balaban J connectivity index is 1.28. The molecule has 2 aromatic heterocycles. The Hall–Kier alpha value is -2.05. The molecule has 0 aromatic carbocycles. The predicted octanol–water partition coefficient (Wildman–Crippen LogP) is 2.92. The van der Waals surface area contributed by atoms with Crippen molar-refractivity contribution >= 4 is 11.8 Å². The second kappa shape index (κ2) is 7.68. The molecule has 0 bridgehead atoms. The molecule has 4 rings (SSSR count). The monoisotopic (exact) mass is 352 g/mol. The topological polar surface area (TPSA) is 57.2 Å². The highest BCUT2D eigenvalue weighted by Crippen LogP contribution is 2.41. The summed E-state index contributed by atoms with van der Waals surface area (Å²) in [5.74, 6) is 1.36. The summed E-state index contributed by atoms with van der Waals surface area (Å²) in [4.78, 5) is 17.9. The van der Waals surface area contributed by atoms with E-state index in [1.807, 2.05) is 12.3 Å². The van der Waals surface area contributed by atoms with E-state index in [2.05, 4.69) is 43.2 Å². The van der Waals surface area contributed by atoms with Crippen LogP contribution in [0.2, 0.25) is 0 Å². The summed E-state index contributed by atoms with van der Waals surface area (Å²) >= 11 is 0. The van der Waals surface area contributed by atoms with Crippen molar-refractivity contribution in [1.29, 1.82) is 0 Å². The van der Waals surface area contributed by atoms with Crippen molar-refractivity contribution < 1.29 is 0 Å². The Morgan fingerprint density at radius 3 is 2.31 bits per heavy atom. The molecule has 1 spiro atoms. The summed E-state index contributed by atoms with van der Waals surface area (Å²) in [6.07, 6.45) is 10.8. The van der Waals surface area contributed by atoms with Gasteiger partial charge in [-0.1, -0.05) is 6.07 Å². The Labute approximate surface area is 155 Å². The van der Waals surface area contributed by atoms with Crippen molar-refractivity contribution in [2.45, 2.75) is 32.2 Å². The molecule has 2 aliphatic rings. The smallest absolute Gasteiger partial charge is 0.228 e. The molecule has 6 heteroatoms. The van der Waals surface area contributed by atoms with Gasteiger partial charge in [0.1, 0.15) is 5.82 Å². The molecule has 0 radical (unpaired) electrons. The maximum Gasteiger partial charge on any atom is 0.228 e. The van der Waals surface area contributed by atoms with Crippen LogP contribution < -0.4 is 5.32 Å². The Bertz CT molecular complexity index is 684. The fraction of sp³-hybridized carbons (Fsp3) is 0.550. The van der Waals surface area contributed by atoms with E-state index in [1.54, 1.807) is 18.5 Å². The predicted molar refractivity (Wildman–Crippen MR) is 103 cm³/mol. The molecule has 0 aliphatic carbocycles. The van der Waals surface area contributed by atoms with Crippen molar-refractivity contribution in [2.75, 3.05) is 38.5 Å². The third kappa shape index (κ3) is 4.19. The van der Waals surface area contributed by atoms with Gasteiger partial charge in [0, 0.05) is 25.1 Å². The lowest BCUT2D eigenvalue weighted by Crippen LogP contribution is -2.45. The maximum atomic E-state index is 4.51. The highest BCUT2D eigenvalue weighted by Gasteiger charge is 2.36. The highest BCUT2D eigenvalue weighted by atomic mass is 15.1. The zero-order valence-electron chi connectivity index (χ0n) is 15.6. The lowest BCUT2D eigenvalue weighted by Gasteiger charge is -2.46. The van der Waals surface area contributed by atoms with Crippen LogP contribution in [0.3, 0.4) is 0 Å². The van der Waals surface area contributed by atoms with Gasteiger partial charge in [-0.15, -0.1) is 0 Å². The number of anilines is 2. The summed E-state index contributed by atoms with van der Waals surface area (Å²) in [5, 5.41) is 3.13. The number of hydrogen-bond acceptors (Lipinski definition) is 6. The zero-order chi connectivity index (χ0) is 17.8. The normalized spacial score (nSPS) is 21.0. The molecule has 2 fully saturated rings. The van der Waals surface area contributed by atoms with E-state index in [1.165, 1.54) is 57.4 Å². The average Bonchev–Trinajstić information content (AvgIpc) is 2.69. The number of nitrogens with zero attached hydrogens (tertiary/aromatic N) is 5. The summed E-state index contributed by atoms with van der Waals surface area (Å²) in [6.45, 7) is 5.95. The first-order valence-corrected chi connectivity index (χ1v) is 9.61. The van der Waals surface area contributed by atoms with E-state index in [4.69, 9.17) is 0 Å². The minimum Gasteiger partial charge on any atom is -0.309 e. The molecule has 26 heavy (non-hydrogen) atoms. The van der Waals surface area contributed by atoms with Gasteiger partial charge >= 0.3 is 0 Å². The molecule has 0 saturated carbocycles. The van der Waals surface area contributed by atoms with Crippen molar-refractivity contribution in [3.8, 4) is 0 Å². The van der Waals surface area contributed by atoms with Gasteiger partial charge in [0.25, 0.3) is 0 Å². The lowest BCUT2D eigenvalue weighted by molar-refractivity contribution is 0.0400. The van der Waals surface area contributed by atoms with Crippen molar-refractivity contribution in [3.63, 3.8) is 0 Å². The van der Waals surface area contributed by atoms with Crippen molar-refractivity contribution in [2.24, 2.45) is 5.41 Å². The average molecular weight is 352 g/mol. The third-order valence-corrected chi connectivity index (χ3v) is 6.00. The summed E-state index contributed by atoms with van der Waals surface area (Å²) in [5.41, 5.74) is 1.88. The van der Waals surface area contributed by atoms with Gasteiger partial charge in [0.15, 0.2) is 0 Å². The Morgan fingerprint density at radius 2 is 1.65 bits per heavy atom. The molecule has 0 unspecified atom stereocenters. The van der Waals surface area contributed by atoms with Crippen LogP contribution in [0.4, 0.5) is 11.8 Å². The van der Waals surface area contributed by atoms with Crippen LogP contribution in [-0.2, 0) is 6.54 Å². The maximum absolute atomic E-state index is 4.51. The van der Waals surface area contributed by atoms with Crippen LogP contribution in [0.1, 0.15) is 31.2 Å². The molecule has 0 atom stereocenters. The van der Waals surface area contributed by atoms with Gasteiger partial charge in [-0.05, 0) is 82.0 Å². The van der Waals surface area contributed by atoms with Gasteiger partial charge in [-0.25, -0.2) is 15.0 Å². The SMILES string of the molecule is CN1CCC2(CC1)CCN(Cc1ccc(Nc3ncccn3)nc1)CC2. The number of nitrogens with one attached hydrogen (secondary N) is 1. The van der Waals surface area contributed by atoms with Crippen molar-refractivity contribution in [3.05, 3.63) is 42.4 Å². The number of rotatable bonds is 4. The number of pyridine rings is 1. The van der Waals surface area contributed by atoms with Crippen LogP contribution in [0.25, 0.3) is 0 Å². The second-order valence-electron chi connectivity index (χ2n) is 7.83. The molecule has 2 aromatic rings. The van der Waals surface area contributed by atoms with Gasteiger partial charge in [-0.3, -0.25) is 4.90 Å². The Kier molecular flexibility index (Phi) is 5.13. The number of likely N-dealkylation sites (tertiary alicyclic amines) is 2. The van der Waals surface area contributed by atoms with Crippen LogP contribution in [0.5, 0.6) is 0 Å². The van der Waals surface area contributed by atoms with E-state index in [0.717, 1.165) is 12.4 Å². The van der Waals surface area contributed by atoms with E-state index < -0.39 is 0 Å². The number of aromatic nitrogens is 3. The summed E-state index contributed by atoms with van der Waals surface area (Å²) in [7, 11) is 2.25. The largest absolute Gasteiger partial charge is 0.309 e. The quantitative estimate of drug-likeness (QED) is 0.913. The summed E-state index contributed by atoms with van der Waals surface area (Å²) in [6, 6.07) is 5.96. The first-order valence-electron chi connectivity index (χ1n) is 9.61. The summed E-state index contributed by atoms with van der Waals surface area (Å²) < 4.78 is 0. The van der Waals surface area contributed by atoms with Gasteiger partial charge in [-0.2, -0.15) is 0 Å². The molecule has 4 heterocycles. The molecular weight excluding hydrogens is 324 g/mol. The zero-order valence-corrected chi connectivity index (χ0v) is 15.6. The standard InChI is InChI=1S/C20H28N6/c1-25-11-5-20(6-12-25)7-13-26(14-8-20)16-17-3-4-18(23-15-17)24-19-21-9-2-10-22-19/h2-4,9-10,15H,5-8,11-14,16H2,1H3,(H,21,22,23,24). The fourth-order valence-electron chi connectivity index (χ4n) is 4.11. The van der Waals surface area contributed by atoms with E-state index in [9.17, 15) is 0 Å². The minimum absolute atomic E-state index is 0.576. The van der Waals surface area contributed by atoms with Crippen LogP contribution in [-0.4, -0.2) is 58.0 Å². The van der Waals surface area contributed by atoms with E-state index in [-0.39, 0.29) is 0 Å². The molecule has 0 amide bonds. The second-order valence-corrected chi connectivity index (χ2v) is 7.83. The first-order chi connectivity index (χ1) is 12.7. The molecule has 138 valence electrons. The molecule has 6 nitrogen and oxygen atoms in total. The molecular formula is C20H28N6. The lowest BCUT2D eigenvalue weighted by atomic mass is 9.71. The van der Waals surface area contributed by atoms with E-state index in [0.29, 0.717) is 11.4 Å². The van der Waals surface area contributed by atoms with Crippen molar-refractivity contribution in [1.82, 2.24) is 24.8 Å². The van der Waals surface area contributed by atoms with Gasteiger partial charge in [0.2, 0.25) is 5.95 Å². The van der Waals surface area contributed by atoms with Crippen LogP contribution in [0, 0.1) is 5.41 Å². The fourth-order valence-corrected chi connectivity index (χ4v) is 4.11. The third-order valence-electron chi connectivity index (χ3n) is 6.00.